The molecule has 106 valence electrons. The van der Waals surface area contributed by atoms with Crippen molar-refractivity contribution in [2.75, 3.05) is 19.0 Å². The van der Waals surface area contributed by atoms with Gasteiger partial charge in [-0.1, -0.05) is 0 Å². The number of hydrogen-bond acceptors (Lipinski definition) is 5. The maximum Gasteiger partial charge on any atom is 0.306 e. The highest BCUT2D eigenvalue weighted by molar-refractivity contribution is 7.89. The molecule has 1 atom stereocenters. The van der Waals surface area contributed by atoms with E-state index in [4.69, 9.17) is 15.0 Å². The van der Waals surface area contributed by atoms with E-state index in [2.05, 4.69) is 5.32 Å². The van der Waals surface area contributed by atoms with Crippen LogP contribution in [0.4, 0.5) is 5.69 Å². The second-order valence-electron chi connectivity index (χ2n) is 3.91. The van der Waals surface area contributed by atoms with Crippen LogP contribution in [0.15, 0.2) is 29.2 Å². The number of rotatable bonds is 7. The van der Waals surface area contributed by atoms with Gasteiger partial charge in [0.1, 0.15) is 0 Å². The van der Waals surface area contributed by atoms with Crippen molar-refractivity contribution in [1.29, 1.82) is 0 Å². The summed E-state index contributed by atoms with van der Waals surface area (Å²) in [5, 5.41) is 16.6. The number of anilines is 1. The Hall–Kier alpha value is -1.64. The van der Waals surface area contributed by atoms with Crippen molar-refractivity contribution >= 4 is 21.7 Å². The lowest BCUT2D eigenvalue weighted by Crippen LogP contribution is -2.25. The standard InChI is InChI=1S/C11H16N2O5S/c1-18-9(6-11(14)15)7-13-8-2-4-10(5-3-8)19(12,16)17/h2-5,9,13H,6-7H2,1H3,(H,14,15)(H2,12,16,17). The molecule has 1 rings (SSSR count). The van der Waals surface area contributed by atoms with Crippen molar-refractivity contribution in [2.24, 2.45) is 5.14 Å². The molecule has 0 radical (unpaired) electrons. The third kappa shape index (κ3) is 5.25. The molecule has 0 amide bonds. The Kier molecular flexibility index (Phi) is 5.28. The SMILES string of the molecule is COC(CNc1ccc(S(N)(=O)=O)cc1)CC(=O)O. The molecule has 0 spiro atoms. The normalized spacial score (nSPS) is 12.9. The maximum absolute atomic E-state index is 11.0. The molecule has 1 aromatic rings. The van der Waals surface area contributed by atoms with Gasteiger partial charge in [-0.2, -0.15) is 0 Å². The largest absolute Gasteiger partial charge is 0.481 e. The number of nitrogens with one attached hydrogen (secondary N) is 1. The molecule has 0 bridgehead atoms. The van der Waals surface area contributed by atoms with Gasteiger partial charge in [0.25, 0.3) is 0 Å². The van der Waals surface area contributed by atoms with Crippen molar-refractivity contribution in [3.8, 4) is 0 Å². The van der Waals surface area contributed by atoms with Gasteiger partial charge >= 0.3 is 5.97 Å². The Morgan fingerprint density at radius 1 is 1.42 bits per heavy atom. The highest BCUT2D eigenvalue weighted by Gasteiger charge is 2.12. The summed E-state index contributed by atoms with van der Waals surface area (Å²) >= 11 is 0. The molecule has 0 aliphatic rings. The Morgan fingerprint density at radius 3 is 2.42 bits per heavy atom. The Bertz CT molecular complexity index is 527. The number of aliphatic carboxylic acids is 1. The van der Waals surface area contributed by atoms with E-state index < -0.39 is 22.1 Å². The average molecular weight is 288 g/mol. The van der Waals surface area contributed by atoms with Gasteiger partial charge in [-0.15, -0.1) is 0 Å². The van der Waals surface area contributed by atoms with E-state index in [0.717, 1.165) is 0 Å². The fourth-order valence-corrected chi connectivity index (χ4v) is 1.94. The van der Waals surface area contributed by atoms with E-state index >= 15 is 0 Å². The molecular formula is C11H16N2O5S. The minimum Gasteiger partial charge on any atom is -0.481 e. The molecule has 4 N–H and O–H groups in total. The van der Waals surface area contributed by atoms with Gasteiger partial charge in [-0.25, -0.2) is 13.6 Å². The first-order valence-corrected chi connectivity index (χ1v) is 6.99. The average Bonchev–Trinajstić information content (AvgIpc) is 2.33. The predicted molar refractivity (Wildman–Crippen MR) is 69.4 cm³/mol. The number of carboxylic acid groups (broad SMARTS) is 1. The van der Waals surface area contributed by atoms with Crippen LogP contribution in [-0.2, 0) is 19.6 Å². The van der Waals surface area contributed by atoms with Gasteiger partial charge in [-0.3, -0.25) is 4.79 Å². The fraction of sp³-hybridized carbons (Fsp3) is 0.364. The summed E-state index contributed by atoms with van der Waals surface area (Å²) in [5.41, 5.74) is 0.653. The van der Waals surface area contributed by atoms with Crippen molar-refractivity contribution in [3.05, 3.63) is 24.3 Å². The van der Waals surface area contributed by atoms with Crippen LogP contribution in [0.3, 0.4) is 0 Å². The van der Waals surface area contributed by atoms with Gasteiger partial charge in [-0.05, 0) is 24.3 Å². The number of sulfonamides is 1. The number of primary sulfonamides is 1. The van der Waals surface area contributed by atoms with Crippen LogP contribution in [0.2, 0.25) is 0 Å². The lowest BCUT2D eigenvalue weighted by atomic mass is 10.2. The molecule has 7 nitrogen and oxygen atoms in total. The highest BCUT2D eigenvalue weighted by atomic mass is 32.2. The van der Waals surface area contributed by atoms with E-state index in [1.54, 1.807) is 12.1 Å². The minimum absolute atomic E-state index is 0.0203. The van der Waals surface area contributed by atoms with E-state index in [9.17, 15) is 13.2 Å². The topological polar surface area (TPSA) is 119 Å². The van der Waals surface area contributed by atoms with Crippen molar-refractivity contribution in [3.63, 3.8) is 0 Å². The van der Waals surface area contributed by atoms with Crippen molar-refractivity contribution < 1.29 is 23.1 Å². The minimum atomic E-state index is -3.70. The van der Waals surface area contributed by atoms with Crippen molar-refractivity contribution in [2.45, 2.75) is 17.4 Å². The summed E-state index contributed by atoms with van der Waals surface area (Å²) in [6.07, 6.45) is -0.575. The second-order valence-corrected chi connectivity index (χ2v) is 5.47. The zero-order valence-corrected chi connectivity index (χ0v) is 11.2. The number of benzene rings is 1. The van der Waals surface area contributed by atoms with Crippen molar-refractivity contribution in [1.82, 2.24) is 0 Å². The highest BCUT2D eigenvalue weighted by Crippen LogP contribution is 2.13. The van der Waals surface area contributed by atoms with Gasteiger partial charge in [0.15, 0.2) is 0 Å². The zero-order valence-electron chi connectivity index (χ0n) is 10.4. The monoisotopic (exact) mass is 288 g/mol. The predicted octanol–water partition coefficient (Wildman–Crippen LogP) is 0.236. The van der Waals surface area contributed by atoms with Gasteiger partial charge in [0, 0.05) is 19.3 Å². The molecule has 0 aliphatic heterocycles. The number of carboxylic acids is 1. The molecule has 0 saturated carbocycles. The zero-order chi connectivity index (χ0) is 14.5. The van der Waals surface area contributed by atoms with E-state index in [1.807, 2.05) is 0 Å². The molecule has 1 unspecified atom stereocenters. The summed E-state index contributed by atoms with van der Waals surface area (Å²) < 4.78 is 27.1. The number of nitrogens with two attached hydrogens (primary N) is 1. The maximum atomic E-state index is 11.0. The number of methoxy groups -OCH3 is 1. The first kappa shape index (κ1) is 15.4. The molecule has 0 aliphatic carbocycles. The molecule has 1 aromatic carbocycles. The number of ether oxygens (including phenoxy) is 1. The van der Waals surface area contributed by atoms with Crippen LogP contribution < -0.4 is 10.5 Å². The lowest BCUT2D eigenvalue weighted by Gasteiger charge is -2.14. The summed E-state index contributed by atoms with van der Waals surface area (Å²) in [4.78, 5) is 10.6. The van der Waals surface area contributed by atoms with E-state index in [0.29, 0.717) is 12.2 Å². The number of carbonyl (C=O) groups is 1. The Morgan fingerprint density at radius 2 is 2.00 bits per heavy atom. The molecular weight excluding hydrogens is 272 g/mol. The van der Waals surface area contributed by atoms with Gasteiger partial charge in [0.05, 0.1) is 17.4 Å². The van der Waals surface area contributed by atoms with Crippen LogP contribution in [0.25, 0.3) is 0 Å². The summed E-state index contributed by atoms with van der Waals surface area (Å²) in [7, 11) is -2.27. The summed E-state index contributed by atoms with van der Waals surface area (Å²) in [5.74, 6) is -0.946. The van der Waals surface area contributed by atoms with E-state index in [1.165, 1.54) is 19.2 Å². The Labute approximate surface area is 111 Å². The summed E-state index contributed by atoms with van der Waals surface area (Å²) in [6, 6.07) is 5.84. The third-order valence-corrected chi connectivity index (χ3v) is 3.38. The summed E-state index contributed by atoms with van der Waals surface area (Å²) in [6.45, 7) is 0.303. The molecule has 8 heteroatoms. The quantitative estimate of drug-likeness (QED) is 0.661. The number of hydrogen-bond donors (Lipinski definition) is 3. The second kappa shape index (κ2) is 6.50. The van der Waals surface area contributed by atoms with Crippen LogP contribution >= 0.6 is 0 Å². The lowest BCUT2D eigenvalue weighted by molar-refractivity contribution is -0.139. The van der Waals surface area contributed by atoms with Crippen LogP contribution in [0.5, 0.6) is 0 Å². The van der Waals surface area contributed by atoms with Crippen LogP contribution in [0.1, 0.15) is 6.42 Å². The third-order valence-electron chi connectivity index (χ3n) is 2.45. The smallest absolute Gasteiger partial charge is 0.306 e. The first-order chi connectivity index (χ1) is 8.82. The Balaban J connectivity index is 2.61. The first-order valence-electron chi connectivity index (χ1n) is 5.44. The molecule has 0 saturated heterocycles. The molecule has 0 heterocycles. The van der Waals surface area contributed by atoms with Crippen LogP contribution in [-0.4, -0.2) is 39.3 Å². The fourth-order valence-electron chi connectivity index (χ4n) is 1.43. The molecule has 0 fully saturated rings. The van der Waals surface area contributed by atoms with E-state index in [-0.39, 0.29) is 11.3 Å². The van der Waals surface area contributed by atoms with Gasteiger partial charge in [0.2, 0.25) is 10.0 Å². The van der Waals surface area contributed by atoms with Gasteiger partial charge < -0.3 is 15.2 Å². The molecule has 0 aromatic heterocycles. The van der Waals surface area contributed by atoms with Crippen LogP contribution in [0, 0.1) is 0 Å². The molecule has 19 heavy (non-hydrogen) atoms.